The molecule has 1 amide bonds. The zero-order valence-corrected chi connectivity index (χ0v) is 15.2. The smallest absolute Gasteiger partial charge is 0.351 e. The van der Waals surface area contributed by atoms with Gasteiger partial charge in [-0.3, -0.25) is 4.79 Å². The fourth-order valence-electron chi connectivity index (χ4n) is 2.88. The largest absolute Gasteiger partial charge is 0.416 e. The lowest BCUT2D eigenvalue weighted by atomic mass is 9.95. The van der Waals surface area contributed by atoms with Gasteiger partial charge in [0.2, 0.25) is 5.91 Å². The molecule has 2 rings (SSSR count). The van der Waals surface area contributed by atoms with Crippen molar-refractivity contribution in [3.05, 3.63) is 35.4 Å². The van der Waals surface area contributed by atoms with Gasteiger partial charge in [0.05, 0.1) is 5.56 Å². The van der Waals surface area contributed by atoms with Crippen molar-refractivity contribution in [3.8, 4) is 0 Å². The molecule has 0 saturated carbocycles. The number of piperidine rings is 1. The zero-order chi connectivity index (χ0) is 18.0. The molecule has 5 nitrogen and oxygen atoms in total. The summed E-state index contributed by atoms with van der Waals surface area (Å²) in [5.74, 6) is -0.747. The van der Waals surface area contributed by atoms with E-state index in [0.717, 1.165) is 12.3 Å². The number of hydrogen-bond donors (Lipinski definition) is 2. The third-order valence-corrected chi connectivity index (χ3v) is 6.31. The van der Waals surface area contributed by atoms with E-state index in [1.165, 1.54) is 18.2 Å². The summed E-state index contributed by atoms with van der Waals surface area (Å²) in [6, 6.07) is 4.89. The average Bonchev–Trinajstić information content (AvgIpc) is 2.51. The van der Waals surface area contributed by atoms with Crippen LogP contribution in [0.4, 0.5) is 13.2 Å². The van der Waals surface area contributed by atoms with E-state index in [-0.39, 0.29) is 37.4 Å². The minimum absolute atomic E-state index is 0. The first-order valence-electron chi connectivity index (χ1n) is 7.42. The van der Waals surface area contributed by atoms with Crippen molar-refractivity contribution in [2.24, 2.45) is 0 Å². The number of hydrogen-bond acceptors (Lipinski definition) is 4. The van der Waals surface area contributed by atoms with Gasteiger partial charge in [-0.05, 0) is 37.6 Å². The Balaban J connectivity index is 0.00000312. The third-order valence-electron chi connectivity index (χ3n) is 4.30. The average molecular weight is 401 g/mol. The Labute approximate surface area is 150 Å². The number of halogens is 4. The third kappa shape index (κ3) is 4.65. The van der Waals surface area contributed by atoms with Gasteiger partial charge in [-0.2, -0.15) is 13.2 Å². The zero-order valence-electron chi connectivity index (χ0n) is 13.5. The Morgan fingerprint density at radius 2 is 1.80 bits per heavy atom. The molecular weight excluding hydrogens is 381 g/mol. The maximum atomic E-state index is 13.0. The van der Waals surface area contributed by atoms with Crippen molar-refractivity contribution < 1.29 is 26.4 Å². The summed E-state index contributed by atoms with van der Waals surface area (Å²) >= 11 is 0. The first-order valence-corrected chi connectivity index (χ1v) is 9.31. The van der Waals surface area contributed by atoms with Gasteiger partial charge in [0.15, 0.2) is 14.6 Å². The normalized spacial score (nSPS) is 17.4. The maximum Gasteiger partial charge on any atom is 0.416 e. The molecule has 0 aromatic heterocycles. The predicted molar refractivity (Wildman–Crippen MR) is 90.2 cm³/mol. The molecule has 0 bridgehead atoms. The quantitative estimate of drug-likeness (QED) is 0.809. The standard InChI is InChI=1S/C15H19F3N2O3S.ClH/c1-24(22,23)14(6-8-19-9-7-14)13(21)20-10-11-4-2-3-5-12(11)15(16,17)18;/h2-5,19H,6-10H2,1H3,(H,20,21);1H. The molecule has 0 aliphatic carbocycles. The molecular formula is C15H20ClF3N2O3S. The molecule has 1 aromatic rings. The van der Waals surface area contributed by atoms with E-state index in [2.05, 4.69) is 10.6 Å². The van der Waals surface area contributed by atoms with Crippen LogP contribution in [0.3, 0.4) is 0 Å². The second-order valence-corrected chi connectivity index (χ2v) is 8.18. The van der Waals surface area contributed by atoms with Crippen LogP contribution in [0.1, 0.15) is 24.0 Å². The number of carbonyl (C=O) groups is 1. The number of amides is 1. The minimum atomic E-state index is -4.54. The number of alkyl halides is 3. The van der Waals surface area contributed by atoms with Crippen molar-refractivity contribution in [3.63, 3.8) is 0 Å². The second kappa shape index (κ2) is 7.92. The lowest BCUT2D eigenvalue weighted by Crippen LogP contribution is -2.57. The molecule has 1 aromatic carbocycles. The van der Waals surface area contributed by atoms with E-state index in [4.69, 9.17) is 0 Å². The summed E-state index contributed by atoms with van der Waals surface area (Å²) in [5, 5.41) is 5.36. The monoisotopic (exact) mass is 400 g/mol. The van der Waals surface area contributed by atoms with Crippen molar-refractivity contribution in [1.29, 1.82) is 0 Å². The van der Waals surface area contributed by atoms with E-state index in [1.807, 2.05) is 0 Å². The lowest BCUT2D eigenvalue weighted by molar-refractivity contribution is -0.138. The van der Waals surface area contributed by atoms with Crippen LogP contribution in [0.5, 0.6) is 0 Å². The van der Waals surface area contributed by atoms with Crippen molar-refractivity contribution in [1.82, 2.24) is 10.6 Å². The molecule has 0 unspecified atom stereocenters. The lowest BCUT2D eigenvalue weighted by Gasteiger charge is -2.34. The highest BCUT2D eigenvalue weighted by molar-refractivity contribution is 7.92. The van der Waals surface area contributed by atoms with Crippen LogP contribution in [0, 0.1) is 0 Å². The summed E-state index contributed by atoms with van der Waals surface area (Å²) in [4.78, 5) is 12.5. The Kier molecular flexibility index (Phi) is 6.88. The highest BCUT2D eigenvalue weighted by Gasteiger charge is 2.48. The highest BCUT2D eigenvalue weighted by atomic mass is 35.5. The first-order chi connectivity index (χ1) is 11.1. The Morgan fingerprint density at radius 3 is 2.32 bits per heavy atom. The van der Waals surface area contributed by atoms with Crippen LogP contribution in [0.15, 0.2) is 24.3 Å². The number of rotatable bonds is 4. The van der Waals surface area contributed by atoms with Gasteiger partial charge in [-0.1, -0.05) is 18.2 Å². The van der Waals surface area contributed by atoms with Gasteiger partial charge in [0.25, 0.3) is 0 Å². The molecule has 0 spiro atoms. The Morgan fingerprint density at radius 1 is 1.24 bits per heavy atom. The first kappa shape index (κ1) is 21.7. The topological polar surface area (TPSA) is 75.3 Å². The molecule has 10 heteroatoms. The predicted octanol–water partition coefficient (Wildman–Crippen LogP) is 1.91. The SMILES string of the molecule is CS(=O)(=O)C1(C(=O)NCc2ccccc2C(F)(F)F)CCNCC1.Cl. The molecule has 1 saturated heterocycles. The molecule has 142 valence electrons. The van der Waals surface area contributed by atoms with Crippen LogP contribution in [0.25, 0.3) is 0 Å². The molecule has 1 aliphatic rings. The number of benzene rings is 1. The summed E-state index contributed by atoms with van der Waals surface area (Å²) < 4.78 is 61.6. The van der Waals surface area contributed by atoms with Crippen molar-refractivity contribution >= 4 is 28.2 Å². The van der Waals surface area contributed by atoms with Crippen LogP contribution in [-0.4, -0.2) is 38.4 Å². The van der Waals surface area contributed by atoms with Gasteiger partial charge in [-0.25, -0.2) is 8.42 Å². The fraction of sp³-hybridized carbons (Fsp3) is 0.533. The summed E-state index contributed by atoms with van der Waals surface area (Å²) in [7, 11) is -3.70. The maximum absolute atomic E-state index is 13.0. The minimum Gasteiger partial charge on any atom is -0.351 e. The summed E-state index contributed by atoms with van der Waals surface area (Å²) in [5.41, 5.74) is -0.944. The number of sulfone groups is 1. The van der Waals surface area contributed by atoms with E-state index in [0.29, 0.717) is 13.1 Å². The van der Waals surface area contributed by atoms with Gasteiger partial charge >= 0.3 is 6.18 Å². The summed E-state index contributed by atoms with van der Waals surface area (Å²) in [6.45, 7) is 0.346. The van der Waals surface area contributed by atoms with Crippen molar-refractivity contribution in [2.45, 2.75) is 30.3 Å². The van der Waals surface area contributed by atoms with Crippen LogP contribution in [0.2, 0.25) is 0 Å². The van der Waals surface area contributed by atoms with Gasteiger partial charge in [0.1, 0.15) is 0 Å². The molecule has 2 N–H and O–H groups in total. The van der Waals surface area contributed by atoms with Crippen LogP contribution < -0.4 is 10.6 Å². The van der Waals surface area contributed by atoms with Crippen molar-refractivity contribution in [2.75, 3.05) is 19.3 Å². The molecule has 1 heterocycles. The van der Waals surface area contributed by atoms with Crippen LogP contribution in [-0.2, 0) is 27.4 Å². The summed E-state index contributed by atoms with van der Waals surface area (Å²) in [6.07, 6.45) is -3.36. The van der Waals surface area contributed by atoms with E-state index < -0.39 is 32.2 Å². The molecule has 1 fully saturated rings. The molecule has 1 aliphatic heterocycles. The number of nitrogens with one attached hydrogen (secondary N) is 2. The molecule has 0 radical (unpaired) electrons. The fourth-order valence-corrected chi connectivity index (χ4v) is 4.24. The van der Waals surface area contributed by atoms with E-state index in [9.17, 15) is 26.4 Å². The van der Waals surface area contributed by atoms with Gasteiger partial charge in [-0.15, -0.1) is 12.4 Å². The highest BCUT2D eigenvalue weighted by Crippen LogP contribution is 2.32. The molecule has 25 heavy (non-hydrogen) atoms. The molecule has 0 atom stereocenters. The van der Waals surface area contributed by atoms with E-state index in [1.54, 1.807) is 0 Å². The van der Waals surface area contributed by atoms with Crippen LogP contribution >= 0.6 is 12.4 Å². The van der Waals surface area contributed by atoms with Gasteiger partial charge in [0, 0.05) is 12.8 Å². The van der Waals surface area contributed by atoms with E-state index >= 15 is 0 Å². The van der Waals surface area contributed by atoms with Gasteiger partial charge < -0.3 is 10.6 Å². The Hall–Kier alpha value is -1.32. The Bertz CT molecular complexity index is 717. The number of carbonyl (C=O) groups excluding carboxylic acids is 1. The second-order valence-electron chi connectivity index (χ2n) is 5.85.